The second-order valence-electron chi connectivity index (χ2n) is 8.74. The molecule has 0 aliphatic heterocycles. The molecule has 0 bridgehead atoms. The number of halogens is 1. The van der Waals surface area contributed by atoms with E-state index in [1.165, 1.54) is 18.6 Å². The van der Waals surface area contributed by atoms with E-state index in [1.54, 1.807) is 56.3 Å². The maximum absolute atomic E-state index is 14.7. The van der Waals surface area contributed by atoms with Gasteiger partial charge in [0.25, 0.3) is 0 Å². The van der Waals surface area contributed by atoms with Gasteiger partial charge in [-0.2, -0.15) is 0 Å². The normalized spacial score (nSPS) is 11.3. The molecule has 0 N–H and O–H groups in total. The van der Waals surface area contributed by atoms with Crippen LogP contribution in [0, 0.1) is 5.82 Å². The fourth-order valence-corrected chi connectivity index (χ4v) is 3.07. The molecule has 41 heavy (non-hydrogen) atoms. The predicted octanol–water partition coefficient (Wildman–Crippen LogP) is 8.11. The second-order valence-corrected chi connectivity index (χ2v) is 8.74. The van der Waals surface area contributed by atoms with Crippen LogP contribution in [0.2, 0.25) is 0 Å². The minimum atomic E-state index is -0.533. The van der Waals surface area contributed by atoms with E-state index in [0.717, 1.165) is 23.7 Å². The molecule has 0 aliphatic rings. The van der Waals surface area contributed by atoms with Gasteiger partial charge in [-0.3, -0.25) is 0 Å². The van der Waals surface area contributed by atoms with Crippen LogP contribution in [0.5, 0.6) is 11.5 Å². The van der Waals surface area contributed by atoms with Crippen molar-refractivity contribution < 1.29 is 32.9 Å². The molecule has 0 aromatic heterocycles. The predicted molar refractivity (Wildman–Crippen MR) is 158 cm³/mol. The lowest BCUT2D eigenvalue weighted by atomic mass is 10.1. The number of hydrogen-bond acceptors (Lipinski definition) is 6. The molecule has 0 aliphatic carbocycles. The van der Waals surface area contributed by atoms with E-state index in [0.29, 0.717) is 33.8 Å². The van der Waals surface area contributed by atoms with Gasteiger partial charge in [-0.05, 0) is 60.9 Å². The van der Waals surface area contributed by atoms with Crippen LogP contribution in [0.4, 0.5) is 4.39 Å². The second kappa shape index (κ2) is 15.2. The molecule has 0 heterocycles. The largest absolute Gasteiger partial charge is 0.462 e. The molecule has 0 spiro atoms. The molecule has 0 saturated carbocycles. The van der Waals surface area contributed by atoms with Crippen LogP contribution >= 0.6 is 0 Å². The van der Waals surface area contributed by atoms with Crippen molar-refractivity contribution in [2.24, 2.45) is 0 Å². The summed E-state index contributed by atoms with van der Waals surface area (Å²) in [7, 11) is 0. The Morgan fingerprint density at radius 3 is 1.46 bits per heavy atom. The molecular formula is C34H29FO6. The Kier molecular flexibility index (Phi) is 11.2. The average molecular weight is 553 g/mol. The molecule has 6 nitrogen and oxygen atoms in total. The standard InChI is InChI=1S/C34H29FO6/c1-24(2)33(36)40-21-19-38-30-15-9-26(10-16-30)5-6-28-8-14-29(32(35)23-28)13-7-27-11-17-31(18-12-27)39-20-22-41-34(37)25(3)4/h5-23H,1,3H2,2,4H3/b6-5+,13-7+,21-19-,22-20-. The van der Waals surface area contributed by atoms with E-state index < -0.39 is 11.9 Å². The maximum Gasteiger partial charge on any atom is 0.338 e. The Balaban J connectivity index is 1.51. The molecule has 0 atom stereocenters. The van der Waals surface area contributed by atoms with Gasteiger partial charge in [0.1, 0.15) is 42.4 Å². The lowest BCUT2D eigenvalue weighted by molar-refractivity contribution is -0.134. The van der Waals surface area contributed by atoms with Gasteiger partial charge in [0.05, 0.1) is 0 Å². The molecule has 0 amide bonds. The summed E-state index contributed by atoms with van der Waals surface area (Å²) in [6.07, 6.45) is 12.0. The maximum atomic E-state index is 14.7. The van der Waals surface area contributed by atoms with Gasteiger partial charge < -0.3 is 18.9 Å². The number of ether oxygens (including phenoxy) is 4. The van der Waals surface area contributed by atoms with Crippen molar-refractivity contribution in [1.29, 1.82) is 0 Å². The SMILES string of the molecule is C=C(C)C(=O)O/C=C\Oc1ccc(/C=C/c2ccc(/C=C/c3ccc(O/C=C\OC(=O)C(=C)C)cc3)c(F)c2)cc1. The molecule has 0 unspecified atom stereocenters. The molecule has 0 saturated heterocycles. The number of carbonyl (C=O) groups excluding carboxylic acids is 2. The van der Waals surface area contributed by atoms with Crippen LogP contribution in [-0.2, 0) is 19.1 Å². The molecule has 3 aromatic carbocycles. The smallest absolute Gasteiger partial charge is 0.338 e. The van der Waals surface area contributed by atoms with Crippen molar-refractivity contribution in [2.45, 2.75) is 13.8 Å². The lowest BCUT2D eigenvalue weighted by Crippen LogP contribution is -1.99. The van der Waals surface area contributed by atoms with Crippen LogP contribution in [0.1, 0.15) is 36.1 Å². The quantitative estimate of drug-likeness (QED) is 0.0978. The Morgan fingerprint density at radius 2 is 1.02 bits per heavy atom. The lowest BCUT2D eigenvalue weighted by Gasteiger charge is -2.02. The van der Waals surface area contributed by atoms with E-state index in [4.69, 9.17) is 18.9 Å². The monoisotopic (exact) mass is 552 g/mol. The van der Waals surface area contributed by atoms with Gasteiger partial charge in [0.2, 0.25) is 0 Å². The molecule has 3 aromatic rings. The molecule has 0 fully saturated rings. The number of rotatable bonds is 12. The zero-order chi connectivity index (χ0) is 29.6. The van der Waals surface area contributed by atoms with Crippen LogP contribution in [-0.4, -0.2) is 11.9 Å². The third kappa shape index (κ3) is 10.3. The van der Waals surface area contributed by atoms with Crippen molar-refractivity contribution in [3.8, 4) is 11.5 Å². The van der Waals surface area contributed by atoms with Crippen molar-refractivity contribution in [1.82, 2.24) is 0 Å². The van der Waals surface area contributed by atoms with E-state index in [1.807, 2.05) is 42.5 Å². The molecule has 0 radical (unpaired) electrons. The number of esters is 2. The highest BCUT2D eigenvalue weighted by atomic mass is 19.1. The van der Waals surface area contributed by atoms with E-state index in [2.05, 4.69) is 13.2 Å². The fraction of sp³-hybridized carbons (Fsp3) is 0.0588. The van der Waals surface area contributed by atoms with Crippen molar-refractivity contribution >= 4 is 36.2 Å². The van der Waals surface area contributed by atoms with Gasteiger partial charge in [0, 0.05) is 16.7 Å². The summed E-state index contributed by atoms with van der Waals surface area (Å²) < 4.78 is 35.1. The number of benzene rings is 3. The zero-order valence-corrected chi connectivity index (χ0v) is 22.7. The van der Waals surface area contributed by atoms with Crippen LogP contribution in [0.25, 0.3) is 24.3 Å². The van der Waals surface area contributed by atoms with Crippen LogP contribution in [0.15, 0.2) is 116 Å². The van der Waals surface area contributed by atoms with Crippen LogP contribution < -0.4 is 9.47 Å². The van der Waals surface area contributed by atoms with E-state index in [-0.39, 0.29) is 5.82 Å². The topological polar surface area (TPSA) is 71.1 Å². The summed E-state index contributed by atoms with van der Waals surface area (Å²) >= 11 is 0. The van der Waals surface area contributed by atoms with Gasteiger partial charge >= 0.3 is 11.9 Å². The minimum absolute atomic E-state index is 0.291. The minimum Gasteiger partial charge on any atom is -0.462 e. The highest BCUT2D eigenvalue weighted by Gasteiger charge is 2.02. The van der Waals surface area contributed by atoms with Gasteiger partial charge in [-0.25, -0.2) is 14.0 Å². The highest BCUT2D eigenvalue weighted by molar-refractivity contribution is 5.87. The van der Waals surface area contributed by atoms with Gasteiger partial charge in [-0.1, -0.05) is 73.9 Å². The zero-order valence-electron chi connectivity index (χ0n) is 22.7. The average Bonchev–Trinajstić information content (AvgIpc) is 2.96. The molecule has 3 rings (SSSR count). The summed E-state index contributed by atoms with van der Waals surface area (Å²) in [6.45, 7) is 10.1. The Labute approximate surface area is 238 Å². The van der Waals surface area contributed by atoms with E-state index in [9.17, 15) is 14.0 Å². The Hall–Kier alpha value is -5.43. The summed E-state index contributed by atoms with van der Waals surface area (Å²) in [5.41, 5.74) is 3.50. The summed E-state index contributed by atoms with van der Waals surface area (Å²) in [6, 6.07) is 19.3. The highest BCUT2D eigenvalue weighted by Crippen LogP contribution is 2.19. The third-order valence-corrected chi connectivity index (χ3v) is 5.27. The molecule has 7 heteroatoms. The van der Waals surface area contributed by atoms with Crippen LogP contribution in [0.3, 0.4) is 0 Å². The van der Waals surface area contributed by atoms with Crippen molar-refractivity contribution in [3.63, 3.8) is 0 Å². The van der Waals surface area contributed by atoms with Crippen molar-refractivity contribution in [3.05, 3.63) is 144 Å². The summed E-state index contributed by atoms with van der Waals surface area (Å²) in [4.78, 5) is 22.6. The Bertz CT molecular complexity index is 1510. The fourth-order valence-electron chi connectivity index (χ4n) is 3.07. The first-order chi connectivity index (χ1) is 19.7. The molecule has 208 valence electrons. The summed E-state index contributed by atoms with van der Waals surface area (Å²) in [5.74, 6) is -0.296. The van der Waals surface area contributed by atoms with Gasteiger partial charge in [-0.15, -0.1) is 0 Å². The first kappa shape index (κ1) is 30.1. The molecular weight excluding hydrogens is 523 g/mol. The number of carbonyl (C=O) groups is 2. The number of hydrogen-bond donors (Lipinski definition) is 0. The first-order valence-electron chi connectivity index (χ1n) is 12.4. The van der Waals surface area contributed by atoms with Crippen molar-refractivity contribution in [2.75, 3.05) is 0 Å². The Morgan fingerprint density at radius 1 is 0.610 bits per heavy atom. The van der Waals surface area contributed by atoms with E-state index >= 15 is 0 Å². The first-order valence-corrected chi connectivity index (χ1v) is 12.4. The third-order valence-electron chi connectivity index (χ3n) is 5.27. The van der Waals surface area contributed by atoms with Gasteiger partial charge in [0.15, 0.2) is 0 Å². The summed E-state index contributed by atoms with van der Waals surface area (Å²) in [5, 5.41) is 0.